The van der Waals surface area contributed by atoms with E-state index in [0.717, 1.165) is 5.56 Å². The first kappa shape index (κ1) is 13.7. The van der Waals surface area contributed by atoms with Gasteiger partial charge in [-0.15, -0.1) is 0 Å². The van der Waals surface area contributed by atoms with Gasteiger partial charge in [0, 0.05) is 6.61 Å². The summed E-state index contributed by atoms with van der Waals surface area (Å²) in [5.41, 5.74) is 1.00. The number of carbonyl (C=O) groups is 1. The third-order valence-electron chi connectivity index (χ3n) is 2.14. The average molecular weight is 236 g/mol. The molecule has 0 spiro atoms. The van der Waals surface area contributed by atoms with Crippen LogP contribution in [0.15, 0.2) is 30.3 Å². The Morgan fingerprint density at radius 1 is 1.24 bits per heavy atom. The lowest BCUT2D eigenvalue weighted by Crippen LogP contribution is -2.10. The number of carbonyl (C=O) groups excluding carboxylic acids is 1. The van der Waals surface area contributed by atoms with Gasteiger partial charge < -0.3 is 9.47 Å². The molecule has 1 rings (SSSR count). The summed E-state index contributed by atoms with van der Waals surface area (Å²) >= 11 is 0. The van der Waals surface area contributed by atoms with Crippen molar-refractivity contribution < 1.29 is 14.3 Å². The number of ether oxygens (including phenoxy) is 2. The van der Waals surface area contributed by atoms with Gasteiger partial charge in [0.2, 0.25) is 0 Å². The van der Waals surface area contributed by atoms with E-state index in [9.17, 15) is 4.79 Å². The van der Waals surface area contributed by atoms with E-state index in [1.54, 1.807) is 0 Å². The first-order valence-corrected chi connectivity index (χ1v) is 5.96. The average Bonchev–Trinajstić information content (AvgIpc) is 2.33. The highest BCUT2D eigenvalue weighted by Gasteiger charge is 2.03. The minimum Gasteiger partial charge on any atom is -0.461 e. The molecule has 1 aromatic rings. The standard InChI is InChI=1S/C14H20O3/c1-12(2)10-16-9-8-14(15)17-11-13-6-4-3-5-7-13/h3-7,12H,8-11H2,1-2H3. The van der Waals surface area contributed by atoms with E-state index in [1.165, 1.54) is 0 Å². The third kappa shape index (κ3) is 6.74. The molecule has 94 valence electrons. The van der Waals surface area contributed by atoms with E-state index >= 15 is 0 Å². The van der Waals surface area contributed by atoms with Gasteiger partial charge in [-0.3, -0.25) is 4.79 Å². The lowest BCUT2D eigenvalue weighted by atomic mass is 10.2. The van der Waals surface area contributed by atoms with Gasteiger partial charge in [0.05, 0.1) is 13.0 Å². The molecular weight excluding hydrogens is 216 g/mol. The van der Waals surface area contributed by atoms with Gasteiger partial charge in [-0.05, 0) is 11.5 Å². The fourth-order valence-electron chi connectivity index (χ4n) is 1.28. The van der Waals surface area contributed by atoms with Crippen molar-refractivity contribution in [2.45, 2.75) is 26.9 Å². The van der Waals surface area contributed by atoms with Gasteiger partial charge >= 0.3 is 5.97 Å². The summed E-state index contributed by atoms with van der Waals surface area (Å²) < 4.78 is 10.4. The Morgan fingerprint density at radius 3 is 2.59 bits per heavy atom. The minimum atomic E-state index is -0.211. The van der Waals surface area contributed by atoms with E-state index in [-0.39, 0.29) is 5.97 Å². The van der Waals surface area contributed by atoms with Crippen molar-refractivity contribution in [1.29, 1.82) is 0 Å². The van der Waals surface area contributed by atoms with E-state index in [1.807, 2.05) is 30.3 Å². The summed E-state index contributed by atoms with van der Waals surface area (Å²) in [6, 6.07) is 9.65. The van der Waals surface area contributed by atoms with Gasteiger partial charge in [-0.2, -0.15) is 0 Å². The Kier molecular flexibility index (Phi) is 6.33. The van der Waals surface area contributed by atoms with Crippen molar-refractivity contribution in [3.8, 4) is 0 Å². The molecule has 0 aliphatic heterocycles. The highest BCUT2D eigenvalue weighted by Crippen LogP contribution is 2.02. The van der Waals surface area contributed by atoms with Crippen LogP contribution in [0.3, 0.4) is 0 Å². The maximum Gasteiger partial charge on any atom is 0.308 e. The normalized spacial score (nSPS) is 10.5. The number of benzene rings is 1. The summed E-state index contributed by atoms with van der Waals surface area (Å²) in [7, 11) is 0. The van der Waals surface area contributed by atoms with Gasteiger partial charge in [0.15, 0.2) is 0 Å². The topological polar surface area (TPSA) is 35.5 Å². The number of rotatable bonds is 7. The summed E-state index contributed by atoms with van der Waals surface area (Å²) in [6.07, 6.45) is 0.319. The molecule has 0 unspecified atom stereocenters. The maximum atomic E-state index is 11.4. The van der Waals surface area contributed by atoms with Crippen LogP contribution < -0.4 is 0 Å². The summed E-state index contributed by atoms with van der Waals surface area (Å²) in [4.78, 5) is 11.4. The first-order valence-electron chi connectivity index (χ1n) is 5.96. The molecule has 0 saturated heterocycles. The van der Waals surface area contributed by atoms with Crippen molar-refractivity contribution in [2.24, 2.45) is 5.92 Å². The van der Waals surface area contributed by atoms with Gasteiger partial charge in [-0.25, -0.2) is 0 Å². The Bertz CT molecular complexity index is 319. The van der Waals surface area contributed by atoms with Crippen LogP contribution in [0.5, 0.6) is 0 Å². The monoisotopic (exact) mass is 236 g/mol. The number of esters is 1. The molecule has 0 saturated carbocycles. The summed E-state index contributed by atoms with van der Waals surface area (Å²) in [6.45, 7) is 5.61. The first-order chi connectivity index (χ1) is 8.18. The van der Waals surface area contributed by atoms with Crippen molar-refractivity contribution in [3.05, 3.63) is 35.9 Å². The molecule has 17 heavy (non-hydrogen) atoms. The zero-order valence-corrected chi connectivity index (χ0v) is 10.5. The van der Waals surface area contributed by atoms with Crippen LogP contribution in [0.1, 0.15) is 25.8 Å². The molecule has 0 aliphatic rings. The highest BCUT2D eigenvalue weighted by atomic mass is 16.5. The Morgan fingerprint density at radius 2 is 1.94 bits per heavy atom. The van der Waals surface area contributed by atoms with Crippen LogP contribution in [0.25, 0.3) is 0 Å². The molecule has 3 heteroatoms. The molecule has 0 radical (unpaired) electrons. The highest BCUT2D eigenvalue weighted by molar-refractivity contribution is 5.69. The predicted octanol–water partition coefficient (Wildman–Crippen LogP) is 2.79. The van der Waals surface area contributed by atoms with E-state index in [4.69, 9.17) is 9.47 Å². The second-order valence-corrected chi connectivity index (χ2v) is 4.37. The van der Waals surface area contributed by atoms with Crippen LogP contribution >= 0.6 is 0 Å². The third-order valence-corrected chi connectivity index (χ3v) is 2.14. The number of hydrogen-bond donors (Lipinski definition) is 0. The Hall–Kier alpha value is -1.35. The smallest absolute Gasteiger partial charge is 0.308 e. The quantitative estimate of drug-likeness (QED) is 0.539. The van der Waals surface area contributed by atoms with Gasteiger partial charge in [-0.1, -0.05) is 44.2 Å². The van der Waals surface area contributed by atoms with Crippen molar-refractivity contribution in [3.63, 3.8) is 0 Å². The molecule has 0 amide bonds. The van der Waals surface area contributed by atoms with Gasteiger partial charge in [0.25, 0.3) is 0 Å². The Balaban J connectivity index is 2.09. The molecule has 1 aromatic carbocycles. The molecule has 0 bridgehead atoms. The molecule has 3 nitrogen and oxygen atoms in total. The zero-order chi connectivity index (χ0) is 12.5. The van der Waals surface area contributed by atoms with Crippen LogP contribution in [0, 0.1) is 5.92 Å². The molecule has 0 N–H and O–H groups in total. The largest absolute Gasteiger partial charge is 0.461 e. The minimum absolute atomic E-state index is 0.211. The summed E-state index contributed by atoms with van der Waals surface area (Å²) in [5, 5.41) is 0. The molecule has 0 heterocycles. The number of hydrogen-bond acceptors (Lipinski definition) is 3. The van der Waals surface area contributed by atoms with Crippen LogP contribution in [-0.4, -0.2) is 19.2 Å². The lowest BCUT2D eigenvalue weighted by Gasteiger charge is -2.07. The SMILES string of the molecule is CC(C)COCCC(=O)OCc1ccccc1. The summed E-state index contributed by atoms with van der Waals surface area (Å²) in [5.74, 6) is 0.285. The Labute approximate surface area is 103 Å². The fraction of sp³-hybridized carbons (Fsp3) is 0.500. The van der Waals surface area contributed by atoms with E-state index in [0.29, 0.717) is 32.2 Å². The van der Waals surface area contributed by atoms with Crippen LogP contribution in [0.2, 0.25) is 0 Å². The van der Waals surface area contributed by atoms with Crippen LogP contribution in [-0.2, 0) is 20.9 Å². The zero-order valence-electron chi connectivity index (χ0n) is 10.5. The van der Waals surface area contributed by atoms with Crippen molar-refractivity contribution >= 4 is 5.97 Å². The molecule has 0 atom stereocenters. The second-order valence-electron chi connectivity index (χ2n) is 4.37. The molecule has 0 aromatic heterocycles. The van der Waals surface area contributed by atoms with Crippen LogP contribution in [0.4, 0.5) is 0 Å². The maximum absolute atomic E-state index is 11.4. The molecular formula is C14H20O3. The van der Waals surface area contributed by atoms with Crippen molar-refractivity contribution in [2.75, 3.05) is 13.2 Å². The van der Waals surface area contributed by atoms with Gasteiger partial charge in [0.1, 0.15) is 6.61 Å². The fourth-order valence-corrected chi connectivity index (χ4v) is 1.28. The van der Waals surface area contributed by atoms with Crippen molar-refractivity contribution in [1.82, 2.24) is 0 Å². The van der Waals surface area contributed by atoms with E-state index in [2.05, 4.69) is 13.8 Å². The molecule has 0 fully saturated rings. The lowest BCUT2D eigenvalue weighted by molar-refractivity contribution is -0.146. The predicted molar refractivity (Wildman–Crippen MR) is 66.5 cm³/mol. The van der Waals surface area contributed by atoms with E-state index < -0.39 is 0 Å². The second kappa shape index (κ2) is 7.85. The molecule has 0 aliphatic carbocycles.